The molecule has 0 saturated heterocycles. The van der Waals surface area contributed by atoms with Crippen molar-refractivity contribution in [2.45, 2.75) is 6.54 Å². The molecule has 98 valence electrons. The van der Waals surface area contributed by atoms with Crippen LogP contribution in [-0.4, -0.2) is 21.3 Å². The zero-order valence-electron chi connectivity index (χ0n) is 9.80. The molecule has 4 N–H and O–H groups in total. The lowest BCUT2D eigenvalue weighted by molar-refractivity contribution is 0.0698. The molecule has 0 atom stereocenters. The molecule has 6 nitrogen and oxygen atoms in total. The number of aromatic nitrogens is 2. The molecule has 0 fully saturated rings. The Morgan fingerprint density at radius 3 is 2.89 bits per heavy atom. The Labute approximate surface area is 108 Å². The Bertz CT molecular complexity index is 604. The van der Waals surface area contributed by atoms with Crippen molar-refractivity contribution in [1.82, 2.24) is 10.2 Å². The quantitative estimate of drug-likeness (QED) is 0.722. The fourth-order valence-corrected chi connectivity index (χ4v) is 1.52. The van der Waals surface area contributed by atoms with Crippen LogP contribution in [0, 0.1) is 5.82 Å². The maximum atomic E-state index is 13.6. The largest absolute Gasteiger partial charge is 0.478 e. The fraction of sp³-hybridized carbons (Fsp3) is 0.0833. The normalized spacial score (nSPS) is 10.2. The summed E-state index contributed by atoms with van der Waals surface area (Å²) >= 11 is 0. The zero-order chi connectivity index (χ0) is 13.8. The van der Waals surface area contributed by atoms with Crippen molar-refractivity contribution in [3.05, 3.63) is 47.5 Å². The van der Waals surface area contributed by atoms with Gasteiger partial charge in [-0.25, -0.2) is 9.18 Å². The maximum Gasteiger partial charge on any atom is 0.337 e. The van der Waals surface area contributed by atoms with Crippen LogP contribution in [0.5, 0.6) is 0 Å². The van der Waals surface area contributed by atoms with Crippen LogP contribution < -0.4 is 11.1 Å². The Morgan fingerprint density at radius 2 is 2.26 bits per heavy atom. The number of nitrogens with zero attached hydrogens (tertiary/aromatic N) is 2. The van der Waals surface area contributed by atoms with E-state index in [4.69, 9.17) is 10.8 Å². The van der Waals surface area contributed by atoms with Crippen molar-refractivity contribution >= 4 is 17.3 Å². The lowest BCUT2D eigenvalue weighted by atomic mass is 10.1. The van der Waals surface area contributed by atoms with E-state index in [-0.39, 0.29) is 23.5 Å². The first-order valence-electron chi connectivity index (χ1n) is 5.40. The van der Waals surface area contributed by atoms with E-state index in [1.165, 1.54) is 6.20 Å². The SMILES string of the molecule is Nc1cc(F)c(NCc2cccnn2)cc1C(=O)O. The monoisotopic (exact) mass is 262 g/mol. The molecule has 0 aliphatic carbocycles. The number of aromatic carboxylic acids is 1. The van der Waals surface area contributed by atoms with Gasteiger partial charge in [0.15, 0.2) is 0 Å². The number of rotatable bonds is 4. The van der Waals surface area contributed by atoms with Crippen molar-refractivity contribution in [3.8, 4) is 0 Å². The molecule has 0 amide bonds. The van der Waals surface area contributed by atoms with Crippen LogP contribution in [-0.2, 0) is 6.54 Å². The van der Waals surface area contributed by atoms with Gasteiger partial charge in [0, 0.05) is 11.9 Å². The first-order chi connectivity index (χ1) is 9.08. The minimum absolute atomic E-state index is 0.0530. The van der Waals surface area contributed by atoms with E-state index in [1.54, 1.807) is 12.1 Å². The first-order valence-corrected chi connectivity index (χ1v) is 5.40. The standard InChI is InChI=1S/C12H11FN4O2/c13-9-5-10(14)8(12(18)19)4-11(9)15-6-7-2-1-3-16-17-7/h1-5,15H,6,14H2,(H,18,19). The molecule has 7 heteroatoms. The van der Waals surface area contributed by atoms with Crippen molar-refractivity contribution in [3.63, 3.8) is 0 Å². The predicted molar refractivity (Wildman–Crippen MR) is 67.1 cm³/mol. The molecule has 19 heavy (non-hydrogen) atoms. The molecule has 1 heterocycles. The third-order valence-electron chi connectivity index (χ3n) is 2.46. The van der Waals surface area contributed by atoms with E-state index >= 15 is 0 Å². The van der Waals surface area contributed by atoms with Crippen LogP contribution >= 0.6 is 0 Å². The summed E-state index contributed by atoms with van der Waals surface area (Å²) in [6.07, 6.45) is 1.52. The molecule has 1 aromatic carbocycles. The van der Waals surface area contributed by atoms with Gasteiger partial charge in [-0.15, -0.1) is 0 Å². The van der Waals surface area contributed by atoms with E-state index in [1.807, 2.05) is 0 Å². The van der Waals surface area contributed by atoms with Crippen LogP contribution in [0.15, 0.2) is 30.5 Å². The van der Waals surface area contributed by atoms with Gasteiger partial charge in [0.1, 0.15) is 5.82 Å². The predicted octanol–water partition coefficient (Wildman–Crippen LogP) is 1.51. The number of carboxylic acid groups (broad SMARTS) is 1. The lowest BCUT2D eigenvalue weighted by Crippen LogP contribution is -2.08. The van der Waals surface area contributed by atoms with Crippen molar-refractivity contribution < 1.29 is 14.3 Å². The molecule has 0 saturated carbocycles. The minimum Gasteiger partial charge on any atom is -0.478 e. The summed E-state index contributed by atoms with van der Waals surface area (Å²) in [5, 5.41) is 19.2. The molecule has 0 bridgehead atoms. The van der Waals surface area contributed by atoms with Crippen LogP contribution in [0.4, 0.5) is 15.8 Å². The highest BCUT2D eigenvalue weighted by Gasteiger charge is 2.13. The number of hydrogen-bond donors (Lipinski definition) is 3. The van der Waals surface area contributed by atoms with E-state index in [9.17, 15) is 9.18 Å². The van der Waals surface area contributed by atoms with Gasteiger partial charge in [0.2, 0.25) is 0 Å². The highest BCUT2D eigenvalue weighted by atomic mass is 19.1. The summed E-state index contributed by atoms with van der Waals surface area (Å²) in [4.78, 5) is 10.9. The van der Waals surface area contributed by atoms with Gasteiger partial charge in [0.05, 0.1) is 23.5 Å². The fourth-order valence-electron chi connectivity index (χ4n) is 1.52. The number of carbonyl (C=O) groups is 1. The van der Waals surface area contributed by atoms with E-state index in [2.05, 4.69) is 15.5 Å². The number of carboxylic acids is 1. The zero-order valence-corrected chi connectivity index (χ0v) is 9.80. The Kier molecular flexibility index (Phi) is 3.56. The second-order valence-electron chi connectivity index (χ2n) is 3.79. The summed E-state index contributed by atoms with van der Waals surface area (Å²) in [6.45, 7) is 0.230. The van der Waals surface area contributed by atoms with Gasteiger partial charge in [-0.05, 0) is 24.3 Å². The van der Waals surface area contributed by atoms with E-state index < -0.39 is 11.8 Å². The number of anilines is 2. The third-order valence-corrected chi connectivity index (χ3v) is 2.46. The van der Waals surface area contributed by atoms with Crippen LogP contribution in [0.1, 0.15) is 16.1 Å². The number of nitrogens with one attached hydrogen (secondary N) is 1. The van der Waals surface area contributed by atoms with Gasteiger partial charge in [0.25, 0.3) is 0 Å². The topological polar surface area (TPSA) is 101 Å². The lowest BCUT2D eigenvalue weighted by Gasteiger charge is -2.09. The molecule has 1 aromatic heterocycles. The Morgan fingerprint density at radius 1 is 1.47 bits per heavy atom. The second kappa shape index (κ2) is 5.30. The van der Waals surface area contributed by atoms with E-state index in [0.717, 1.165) is 12.1 Å². The third kappa shape index (κ3) is 2.95. The molecule has 0 radical (unpaired) electrons. The summed E-state index contributed by atoms with van der Waals surface area (Å²) in [5.41, 5.74) is 5.82. The highest BCUT2D eigenvalue weighted by Crippen LogP contribution is 2.22. The van der Waals surface area contributed by atoms with Crippen molar-refractivity contribution in [2.24, 2.45) is 0 Å². The average Bonchev–Trinajstić information content (AvgIpc) is 2.38. The molecule has 0 aliphatic rings. The minimum atomic E-state index is -1.21. The summed E-state index contributed by atoms with van der Waals surface area (Å²) < 4.78 is 13.6. The van der Waals surface area contributed by atoms with Crippen molar-refractivity contribution in [2.75, 3.05) is 11.1 Å². The Balaban J connectivity index is 2.21. The number of hydrogen-bond acceptors (Lipinski definition) is 5. The number of nitrogens with two attached hydrogens (primary N) is 1. The smallest absolute Gasteiger partial charge is 0.337 e. The molecular formula is C12H11FN4O2. The number of benzene rings is 1. The van der Waals surface area contributed by atoms with Crippen LogP contribution in [0.25, 0.3) is 0 Å². The summed E-state index contributed by atoms with van der Waals surface area (Å²) in [6, 6.07) is 5.55. The van der Waals surface area contributed by atoms with Gasteiger partial charge in [-0.3, -0.25) is 0 Å². The average molecular weight is 262 g/mol. The number of halogens is 1. The van der Waals surface area contributed by atoms with Crippen LogP contribution in [0.3, 0.4) is 0 Å². The van der Waals surface area contributed by atoms with Crippen LogP contribution in [0.2, 0.25) is 0 Å². The maximum absolute atomic E-state index is 13.6. The van der Waals surface area contributed by atoms with Gasteiger partial charge in [-0.1, -0.05) is 0 Å². The highest BCUT2D eigenvalue weighted by molar-refractivity contribution is 5.94. The Hall–Kier alpha value is -2.70. The van der Waals surface area contributed by atoms with Gasteiger partial charge < -0.3 is 16.2 Å². The molecule has 0 unspecified atom stereocenters. The van der Waals surface area contributed by atoms with Gasteiger partial charge in [-0.2, -0.15) is 10.2 Å². The van der Waals surface area contributed by atoms with Crippen molar-refractivity contribution in [1.29, 1.82) is 0 Å². The molecule has 2 aromatic rings. The number of nitrogen functional groups attached to an aromatic ring is 1. The molecule has 0 spiro atoms. The van der Waals surface area contributed by atoms with Gasteiger partial charge >= 0.3 is 5.97 Å². The summed E-state index contributed by atoms with van der Waals surface area (Å²) in [5.74, 6) is -1.83. The molecular weight excluding hydrogens is 251 g/mol. The second-order valence-corrected chi connectivity index (χ2v) is 3.79. The molecule has 0 aliphatic heterocycles. The molecule has 2 rings (SSSR count). The van der Waals surface area contributed by atoms with E-state index in [0.29, 0.717) is 5.69 Å². The first kappa shape index (κ1) is 12.7. The summed E-state index contributed by atoms with van der Waals surface area (Å²) in [7, 11) is 0.